The summed E-state index contributed by atoms with van der Waals surface area (Å²) in [7, 11) is -0.338. The van der Waals surface area contributed by atoms with Crippen molar-refractivity contribution in [3.05, 3.63) is 24.3 Å². The van der Waals surface area contributed by atoms with Gasteiger partial charge in [0.25, 0.3) is 0 Å². The van der Waals surface area contributed by atoms with Crippen LogP contribution in [0.2, 0.25) is 0 Å². The molecule has 1 rings (SSSR count). The summed E-state index contributed by atoms with van der Waals surface area (Å²) in [5.74, 6) is -0.217. The Bertz CT molecular complexity index is 565. The summed E-state index contributed by atoms with van der Waals surface area (Å²) in [4.78, 5) is 11.8. The molecule has 112 valence electrons. The van der Waals surface area contributed by atoms with Crippen molar-refractivity contribution in [2.75, 3.05) is 26.0 Å². The first-order chi connectivity index (χ1) is 9.23. The van der Waals surface area contributed by atoms with E-state index in [-0.39, 0.29) is 17.3 Å². The summed E-state index contributed by atoms with van der Waals surface area (Å²) in [5, 5.41) is 5.43. The lowest BCUT2D eigenvalue weighted by atomic mass is 9.93. The van der Waals surface area contributed by atoms with Crippen LogP contribution in [0, 0.1) is 5.41 Å². The van der Waals surface area contributed by atoms with E-state index in [9.17, 15) is 13.2 Å². The Morgan fingerprint density at radius 3 is 2.15 bits per heavy atom. The van der Waals surface area contributed by atoms with E-state index in [1.165, 1.54) is 19.2 Å². The molecule has 0 atom stereocenters. The molecule has 0 aliphatic carbocycles. The summed E-state index contributed by atoms with van der Waals surface area (Å²) in [6, 6.07) is 6.39. The molecule has 0 heterocycles. The molecule has 0 bridgehead atoms. The molecule has 1 amide bonds. The number of carbonyl (C=O) groups excluding carboxylic acids is 1. The molecule has 0 unspecified atom stereocenters. The highest BCUT2D eigenvalue weighted by atomic mass is 32.2. The third-order valence-corrected chi connectivity index (χ3v) is 4.42. The van der Waals surface area contributed by atoms with Crippen LogP contribution in [0.1, 0.15) is 13.8 Å². The van der Waals surface area contributed by atoms with Crippen molar-refractivity contribution in [1.82, 2.24) is 10.0 Å². The lowest BCUT2D eigenvalue weighted by molar-refractivity contribution is -0.128. The minimum atomic E-state index is -3.62. The number of hydrogen-bond donors (Lipinski definition) is 3. The van der Waals surface area contributed by atoms with Crippen LogP contribution in [0.25, 0.3) is 0 Å². The van der Waals surface area contributed by atoms with Gasteiger partial charge in [0, 0.05) is 26.3 Å². The second-order valence-electron chi connectivity index (χ2n) is 5.06. The number of rotatable bonds is 6. The molecular formula is C13H21N3O3S. The Morgan fingerprint density at radius 1 is 1.15 bits per heavy atom. The van der Waals surface area contributed by atoms with Crippen molar-refractivity contribution in [3.63, 3.8) is 0 Å². The van der Waals surface area contributed by atoms with Crippen LogP contribution >= 0.6 is 0 Å². The van der Waals surface area contributed by atoms with Gasteiger partial charge in [-0.2, -0.15) is 0 Å². The molecule has 6 nitrogen and oxygen atoms in total. The molecule has 0 aromatic heterocycles. The van der Waals surface area contributed by atoms with Gasteiger partial charge in [0.15, 0.2) is 0 Å². The molecule has 0 saturated carbocycles. The molecule has 20 heavy (non-hydrogen) atoms. The minimum Gasteiger partial charge on any atom is -0.388 e. The molecule has 7 heteroatoms. The Morgan fingerprint density at radius 2 is 1.70 bits per heavy atom. The van der Waals surface area contributed by atoms with Crippen LogP contribution in [0.5, 0.6) is 0 Å². The molecule has 0 aliphatic heterocycles. The first-order valence-corrected chi connectivity index (χ1v) is 7.71. The number of hydrogen-bond acceptors (Lipinski definition) is 4. The van der Waals surface area contributed by atoms with Gasteiger partial charge in [-0.3, -0.25) is 4.79 Å². The molecule has 0 spiro atoms. The van der Waals surface area contributed by atoms with Gasteiger partial charge in [0.05, 0.1) is 10.3 Å². The summed E-state index contributed by atoms with van der Waals surface area (Å²) < 4.78 is 26.7. The number of anilines is 1. The molecule has 0 fully saturated rings. The van der Waals surface area contributed by atoms with Crippen LogP contribution < -0.4 is 15.4 Å². The van der Waals surface area contributed by atoms with Crippen LogP contribution in [-0.2, 0) is 14.8 Å². The van der Waals surface area contributed by atoms with E-state index in [4.69, 9.17) is 0 Å². The number of sulfonamides is 1. The third-order valence-electron chi connectivity index (χ3n) is 3.00. The zero-order valence-corrected chi connectivity index (χ0v) is 13.0. The number of amides is 1. The van der Waals surface area contributed by atoms with Crippen LogP contribution in [0.15, 0.2) is 29.2 Å². The Labute approximate surface area is 120 Å². The molecule has 1 aromatic rings. The average molecular weight is 299 g/mol. The fourth-order valence-corrected chi connectivity index (χ4v) is 2.79. The summed E-state index contributed by atoms with van der Waals surface area (Å²) >= 11 is 0. The summed E-state index contributed by atoms with van der Waals surface area (Å²) in [6.07, 6.45) is 0. The van der Waals surface area contributed by atoms with Gasteiger partial charge in [-0.1, -0.05) is 0 Å². The first kappa shape index (κ1) is 16.5. The van der Waals surface area contributed by atoms with Crippen molar-refractivity contribution >= 4 is 21.6 Å². The van der Waals surface area contributed by atoms with Crippen molar-refractivity contribution in [2.24, 2.45) is 5.41 Å². The normalized spacial score (nSPS) is 12.0. The number of benzene rings is 1. The zero-order chi connectivity index (χ0) is 15.4. The standard InChI is InChI=1S/C13H21N3O3S/c1-13(2,12(17)15-4)9-16-20(18,19)11-7-5-10(14-3)6-8-11/h5-8,14,16H,9H2,1-4H3,(H,15,17). The average Bonchev–Trinajstić information content (AvgIpc) is 2.44. The van der Waals surface area contributed by atoms with Gasteiger partial charge < -0.3 is 10.6 Å². The summed E-state index contributed by atoms with van der Waals surface area (Å²) in [6.45, 7) is 3.39. The Hall–Kier alpha value is -1.60. The zero-order valence-electron chi connectivity index (χ0n) is 12.1. The molecule has 3 N–H and O–H groups in total. The molecule has 0 saturated heterocycles. The third kappa shape index (κ3) is 3.94. The largest absolute Gasteiger partial charge is 0.388 e. The second kappa shape index (κ2) is 6.23. The second-order valence-corrected chi connectivity index (χ2v) is 6.83. The fraction of sp³-hybridized carbons (Fsp3) is 0.462. The van der Waals surface area contributed by atoms with Gasteiger partial charge in [-0.25, -0.2) is 13.1 Å². The molecule has 1 aromatic carbocycles. The quantitative estimate of drug-likeness (QED) is 0.724. The topological polar surface area (TPSA) is 87.3 Å². The predicted octanol–water partition coefficient (Wildman–Crippen LogP) is 0.779. The molecule has 0 radical (unpaired) electrons. The van der Waals surface area contributed by atoms with E-state index in [0.29, 0.717) is 0 Å². The SMILES string of the molecule is CNC(=O)C(C)(C)CNS(=O)(=O)c1ccc(NC)cc1. The van der Waals surface area contributed by atoms with Gasteiger partial charge in [-0.15, -0.1) is 0 Å². The number of nitrogens with one attached hydrogen (secondary N) is 3. The van der Waals surface area contributed by atoms with E-state index in [0.717, 1.165) is 5.69 Å². The van der Waals surface area contributed by atoms with Crippen LogP contribution in [0.4, 0.5) is 5.69 Å². The maximum absolute atomic E-state index is 12.1. The van der Waals surface area contributed by atoms with Gasteiger partial charge in [-0.05, 0) is 38.1 Å². The summed E-state index contributed by atoms with van der Waals surface area (Å²) in [5.41, 5.74) is 0.0156. The molecule has 0 aliphatic rings. The highest BCUT2D eigenvalue weighted by molar-refractivity contribution is 7.89. The van der Waals surface area contributed by atoms with Crippen molar-refractivity contribution < 1.29 is 13.2 Å². The first-order valence-electron chi connectivity index (χ1n) is 6.22. The lowest BCUT2D eigenvalue weighted by Gasteiger charge is -2.22. The van der Waals surface area contributed by atoms with Gasteiger partial charge in [0.2, 0.25) is 15.9 Å². The van der Waals surface area contributed by atoms with E-state index in [1.807, 2.05) is 0 Å². The van der Waals surface area contributed by atoms with E-state index >= 15 is 0 Å². The monoisotopic (exact) mass is 299 g/mol. The maximum atomic E-state index is 12.1. The smallest absolute Gasteiger partial charge is 0.240 e. The maximum Gasteiger partial charge on any atom is 0.240 e. The van der Waals surface area contributed by atoms with Crippen molar-refractivity contribution in [2.45, 2.75) is 18.7 Å². The highest BCUT2D eigenvalue weighted by Crippen LogP contribution is 2.17. The van der Waals surface area contributed by atoms with Crippen molar-refractivity contribution in [1.29, 1.82) is 0 Å². The van der Waals surface area contributed by atoms with E-state index in [2.05, 4.69) is 15.4 Å². The minimum absolute atomic E-state index is 0.0305. The van der Waals surface area contributed by atoms with Crippen LogP contribution in [-0.4, -0.2) is 35.0 Å². The van der Waals surface area contributed by atoms with Gasteiger partial charge in [0.1, 0.15) is 0 Å². The lowest BCUT2D eigenvalue weighted by Crippen LogP contribution is -2.43. The van der Waals surface area contributed by atoms with E-state index in [1.54, 1.807) is 33.0 Å². The fourth-order valence-electron chi connectivity index (χ4n) is 1.58. The van der Waals surface area contributed by atoms with E-state index < -0.39 is 15.4 Å². The molecular weight excluding hydrogens is 278 g/mol. The number of carbonyl (C=O) groups is 1. The highest BCUT2D eigenvalue weighted by Gasteiger charge is 2.28. The predicted molar refractivity (Wildman–Crippen MR) is 79.0 cm³/mol. The van der Waals surface area contributed by atoms with Gasteiger partial charge >= 0.3 is 0 Å². The Balaban J connectivity index is 2.82. The van der Waals surface area contributed by atoms with Crippen LogP contribution in [0.3, 0.4) is 0 Å². The Kier molecular flexibility index (Phi) is 5.13. The van der Waals surface area contributed by atoms with Crippen molar-refractivity contribution in [3.8, 4) is 0 Å².